The molecule has 4 nitrogen and oxygen atoms in total. The number of amides is 2. The largest absolute Gasteiger partial charge is 0.497 e. The highest BCUT2D eigenvalue weighted by atomic mass is 19.1. The first-order valence-electron chi connectivity index (χ1n) is 6.57. The van der Waals surface area contributed by atoms with Gasteiger partial charge in [0.25, 0.3) is 0 Å². The number of rotatable bonds is 5. The quantitative estimate of drug-likeness (QED) is 0.889. The summed E-state index contributed by atoms with van der Waals surface area (Å²) in [4.78, 5) is 11.7. The van der Waals surface area contributed by atoms with Crippen molar-refractivity contribution in [3.63, 3.8) is 0 Å². The van der Waals surface area contributed by atoms with E-state index in [1.807, 2.05) is 24.3 Å². The van der Waals surface area contributed by atoms with Crippen molar-refractivity contribution in [2.45, 2.75) is 13.1 Å². The predicted octanol–water partition coefficient (Wildman–Crippen LogP) is 2.83. The zero-order valence-electron chi connectivity index (χ0n) is 11.7. The van der Waals surface area contributed by atoms with Gasteiger partial charge in [-0.1, -0.05) is 30.3 Å². The van der Waals surface area contributed by atoms with Gasteiger partial charge in [0.1, 0.15) is 11.6 Å². The smallest absolute Gasteiger partial charge is 0.315 e. The fourth-order valence-electron chi connectivity index (χ4n) is 1.81. The third-order valence-electron chi connectivity index (χ3n) is 3.01. The Bertz CT molecular complexity index is 599. The van der Waals surface area contributed by atoms with Crippen molar-refractivity contribution in [2.75, 3.05) is 7.11 Å². The summed E-state index contributed by atoms with van der Waals surface area (Å²) in [5.74, 6) is 0.440. The summed E-state index contributed by atoms with van der Waals surface area (Å²) in [6.45, 7) is 0.550. The van der Waals surface area contributed by atoms with Gasteiger partial charge in [0.15, 0.2) is 0 Å². The second-order valence-electron chi connectivity index (χ2n) is 4.48. The Kier molecular flexibility index (Phi) is 5.15. The molecule has 2 amide bonds. The highest BCUT2D eigenvalue weighted by Gasteiger charge is 2.04. The molecule has 0 atom stereocenters. The standard InChI is InChI=1S/C16H17FN2O2/c1-21-14-8-6-12(7-9-14)10-18-16(20)19-11-13-4-2-3-5-15(13)17/h2-9H,10-11H2,1H3,(H2,18,19,20). The third-order valence-corrected chi connectivity index (χ3v) is 3.01. The van der Waals surface area contributed by atoms with E-state index in [1.54, 1.807) is 25.3 Å². The molecule has 0 aliphatic carbocycles. The van der Waals surface area contributed by atoms with Crippen molar-refractivity contribution in [1.82, 2.24) is 10.6 Å². The maximum Gasteiger partial charge on any atom is 0.315 e. The van der Waals surface area contributed by atoms with E-state index in [1.165, 1.54) is 6.07 Å². The van der Waals surface area contributed by atoms with Crippen molar-refractivity contribution in [1.29, 1.82) is 0 Å². The molecule has 2 rings (SSSR count). The van der Waals surface area contributed by atoms with Gasteiger partial charge in [-0.2, -0.15) is 0 Å². The monoisotopic (exact) mass is 288 g/mol. The second kappa shape index (κ2) is 7.28. The molecule has 110 valence electrons. The van der Waals surface area contributed by atoms with Crippen LogP contribution in [0.15, 0.2) is 48.5 Å². The Morgan fingerprint density at radius 3 is 2.38 bits per heavy atom. The van der Waals surface area contributed by atoms with E-state index in [9.17, 15) is 9.18 Å². The van der Waals surface area contributed by atoms with Gasteiger partial charge in [-0.25, -0.2) is 9.18 Å². The first kappa shape index (κ1) is 14.8. The Balaban J connectivity index is 1.78. The van der Waals surface area contributed by atoms with Crippen LogP contribution < -0.4 is 15.4 Å². The summed E-state index contributed by atoms with van der Waals surface area (Å²) in [6.07, 6.45) is 0. The van der Waals surface area contributed by atoms with Gasteiger partial charge in [-0.15, -0.1) is 0 Å². The van der Waals surface area contributed by atoms with Crippen molar-refractivity contribution >= 4 is 6.03 Å². The number of ether oxygens (including phenoxy) is 1. The first-order chi connectivity index (χ1) is 10.2. The number of carbonyl (C=O) groups excluding carboxylic acids is 1. The van der Waals surface area contributed by atoms with Crippen LogP contribution >= 0.6 is 0 Å². The van der Waals surface area contributed by atoms with Crippen LogP contribution in [0.4, 0.5) is 9.18 Å². The Morgan fingerprint density at radius 2 is 1.71 bits per heavy atom. The molecule has 0 saturated heterocycles. The summed E-state index contributed by atoms with van der Waals surface area (Å²) in [7, 11) is 1.60. The molecule has 0 aliphatic rings. The van der Waals surface area contributed by atoms with Crippen LogP contribution in [-0.4, -0.2) is 13.1 Å². The van der Waals surface area contributed by atoms with Crippen LogP contribution in [0.2, 0.25) is 0 Å². The Morgan fingerprint density at radius 1 is 1.05 bits per heavy atom. The van der Waals surface area contributed by atoms with Crippen molar-refractivity contribution in [2.24, 2.45) is 0 Å². The lowest BCUT2D eigenvalue weighted by atomic mass is 10.2. The van der Waals surface area contributed by atoms with Gasteiger partial charge >= 0.3 is 6.03 Å². The van der Waals surface area contributed by atoms with E-state index in [0.717, 1.165) is 11.3 Å². The fourth-order valence-corrected chi connectivity index (χ4v) is 1.81. The minimum Gasteiger partial charge on any atom is -0.497 e. The average molecular weight is 288 g/mol. The molecule has 5 heteroatoms. The molecular formula is C16H17FN2O2. The lowest BCUT2D eigenvalue weighted by molar-refractivity contribution is 0.240. The average Bonchev–Trinajstić information content (AvgIpc) is 2.52. The van der Waals surface area contributed by atoms with Crippen molar-refractivity contribution < 1.29 is 13.9 Å². The molecule has 0 fully saturated rings. The van der Waals surface area contributed by atoms with Crippen LogP contribution in [0.5, 0.6) is 5.75 Å². The maximum absolute atomic E-state index is 13.4. The fraction of sp³-hybridized carbons (Fsp3) is 0.188. The number of hydrogen-bond acceptors (Lipinski definition) is 2. The van der Waals surface area contributed by atoms with Gasteiger partial charge in [0, 0.05) is 18.7 Å². The molecular weight excluding hydrogens is 271 g/mol. The summed E-state index contributed by atoms with van der Waals surface area (Å²) in [5, 5.41) is 5.33. The number of methoxy groups -OCH3 is 1. The van der Waals surface area contributed by atoms with Gasteiger partial charge in [0.05, 0.1) is 7.11 Å². The minimum atomic E-state index is -0.339. The third kappa shape index (κ3) is 4.49. The molecule has 0 bridgehead atoms. The molecule has 0 aromatic heterocycles. The predicted molar refractivity (Wildman–Crippen MR) is 78.5 cm³/mol. The van der Waals surface area contributed by atoms with Gasteiger partial charge in [-0.3, -0.25) is 0 Å². The molecule has 21 heavy (non-hydrogen) atoms. The molecule has 2 aromatic carbocycles. The van der Waals surface area contributed by atoms with Gasteiger partial charge in [0.2, 0.25) is 0 Å². The number of urea groups is 1. The van der Waals surface area contributed by atoms with Crippen LogP contribution in [0, 0.1) is 5.82 Å². The van der Waals surface area contributed by atoms with Crippen molar-refractivity contribution in [3.8, 4) is 5.75 Å². The highest BCUT2D eigenvalue weighted by Crippen LogP contribution is 2.11. The second-order valence-corrected chi connectivity index (χ2v) is 4.48. The normalized spacial score (nSPS) is 10.0. The van der Waals surface area contributed by atoms with E-state index < -0.39 is 0 Å². The van der Waals surface area contributed by atoms with Gasteiger partial charge < -0.3 is 15.4 Å². The van der Waals surface area contributed by atoms with Crippen LogP contribution in [0.25, 0.3) is 0 Å². The maximum atomic E-state index is 13.4. The summed E-state index contributed by atoms with van der Waals surface area (Å²) < 4.78 is 18.4. The minimum absolute atomic E-state index is 0.154. The van der Waals surface area contributed by atoms with Crippen molar-refractivity contribution in [3.05, 3.63) is 65.5 Å². The number of halogens is 1. The number of carbonyl (C=O) groups is 1. The topological polar surface area (TPSA) is 50.4 Å². The summed E-state index contributed by atoms with van der Waals surface area (Å²) >= 11 is 0. The summed E-state index contributed by atoms with van der Waals surface area (Å²) in [6, 6.07) is 13.4. The Hall–Kier alpha value is -2.56. The molecule has 2 N–H and O–H groups in total. The van der Waals surface area contributed by atoms with Crippen LogP contribution in [-0.2, 0) is 13.1 Å². The lowest BCUT2D eigenvalue weighted by Crippen LogP contribution is -2.34. The van der Waals surface area contributed by atoms with E-state index in [-0.39, 0.29) is 18.4 Å². The molecule has 0 spiro atoms. The molecule has 2 aromatic rings. The molecule has 0 heterocycles. The molecule has 0 saturated carbocycles. The van der Waals surface area contributed by atoms with E-state index >= 15 is 0 Å². The SMILES string of the molecule is COc1ccc(CNC(=O)NCc2ccccc2F)cc1. The highest BCUT2D eigenvalue weighted by molar-refractivity contribution is 5.73. The van der Waals surface area contributed by atoms with E-state index in [0.29, 0.717) is 12.1 Å². The van der Waals surface area contributed by atoms with E-state index in [2.05, 4.69) is 10.6 Å². The number of hydrogen-bond donors (Lipinski definition) is 2. The van der Waals surface area contributed by atoms with Crippen LogP contribution in [0.1, 0.15) is 11.1 Å². The van der Waals surface area contributed by atoms with E-state index in [4.69, 9.17) is 4.74 Å². The number of nitrogens with one attached hydrogen (secondary N) is 2. The molecule has 0 radical (unpaired) electrons. The van der Waals surface area contributed by atoms with Crippen LogP contribution in [0.3, 0.4) is 0 Å². The molecule has 0 unspecified atom stereocenters. The Labute approximate surface area is 122 Å². The number of benzene rings is 2. The lowest BCUT2D eigenvalue weighted by Gasteiger charge is -2.09. The zero-order valence-corrected chi connectivity index (χ0v) is 11.7. The van der Waals surface area contributed by atoms with Gasteiger partial charge in [-0.05, 0) is 23.8 Å². The summed E-state index contributed by atoms with van der Waals surface area (Å²) in [5.41, 5.74) is 1.41. The molecule has 0 aliphatic heterocycles. The first-order valence-corrected chi connectivity index (χ1v) is 6.57. The zero-order chi connectivity index (χ0) is 15.1.